The number of hydrogen-bond acceptors (Lipinski definition) is 6. The van der Waals surface area contributed by atoms with Crippen molar-refractivity contribution in [2.45, 2.75) is 6.54 Å². The Hall–Kier alpha value is -3.52. The molecule has 28 heavy (non-hydrogen) atoms. The number of carbonyl (C=O) groups excluding carboxylic acids is 1. The van der Waals surface area contributed by atoms with E-state index in [9.17, 15) is 4.79 Å². The van der Waals surface area contributed by atoms with Gasteiger partial charge in [-0.25, -0.2) is 9.78 Å². The minimum Gasteiger partial charge on any atom is -0.453 e. The number of nitrogens with zero attached hydrogens (tertiary/aromatic N) is 3. The molecule has 2 N–H and O–H groups in total. The van der Waals surface area contributed by atoms with Crippen molar-refractivity contribution in [3.05, 3.63) is 66.6 Å². The van der Waals surface area contributed by atoms with Gasteiger partial charge in [-0.1, -0.05) is 30.3 Å². The van der Waals surface area contributed by atoms with Gasteiger partial charge in [0, 0.05) is 23.5 Å². The van der Waals surface area contributed by atoms with Crippen molar-refractivity contribution in [2.24, 2.45) is 0 Å². The number of amides is 1. The molecule has 3 aromatic heterocycles. The number of benzene rings is 1. The maximum absolute atomic E-state index is 11.3. The number of ether oxygens (including phenoxy) is 1. The Labute approximate surface area is 165 Å². The summed E-state index contributed by atoms with van der Waals surface area (Å²) < 4.78 is 4.59. The summed E-state index contributed by atoms with van der Waals surface area (Å²) in [4.78, 5) is 21.3. The summed E-state index contributed by atoms with van der Waals surface area (Å²) in [6, 6.07) is 15.8. The topological polar surface area (TPSA) is 92.8 Å². The first-order valence-electron chi connectivity index (χ1n) is 8.57. The Morgan fingerprint density at radius 1 is 1.18 bits per heavy atom. The van der Waals surface area contributed by atoms with Gasteiger partial charge in [0.1, 0.15) is 10.7 Å². The number of rotatable bonds is 5. The van der Waals surface area contributed by atoms with E-state index in [1.807, 2.05) is 48.5 Å². The second-order valence-electron chi connectivity index (χ2n) is 5.93. The summed E-state index contributed by atoms with van der Waals surface area (Å²) in [5.41, 5.74) is 4.38. The number of aromatic nitrogens is 4. The molecule has 0 radical (unpaired) electrons. The zero-order chi connectivity index (χ0) is 19.3. The first kappa shape index (κ1) is 17.9. The average Bonchev–Trinajstić information content (AvgIpc) is 3.40. The quantitative estimate of drug-likeness (QED) is 0.534. The lowest BCUT2D eigenvalue weighted by Gasteiger charge is -2.00. The molecule has 3 heterocycles. The van der Waals surface area contributed by atoms with Crippen LogP contribution in [0.3, 0.4) is 0 Å². The summed E-state index contributed by atoms with van der Waals surface area (Å²) in [7, 11) is 1.33. The van der Waals surface area contributed by atoms with Gasteiger partial charge in [0.05, 0.1) is 29.9 Å². The van der Waals surface area contributed by atoms with Crippen LogP contribution in [-0.4, -0.2) is 33.4 Å². The fourth-order valence-corrected chi connectivity index (χ4v) is 3.74. The largest absolute Gasteiger partial charge is 0.453 e. The summed E-state index contributed by atoms with van der Waals surface area (Å²) in [6.07, 6.45) is 3.05. The van der Waals surface area contributed by atoms with Gasteiger partial charge < -0.3 is 10.1 Å². The molecule has 4 rings (SSSR count). The first-order chi connectivity index (χ1) is 13.7. The molecule has 8 heteroatoms. The fraction of sp³-hybridized carbons (Fsp3) is 0.100. The minimum atomic E-state index is -0.488. The molecule has 0 saturated heterocycles. The fourth-order valence-electron chi connectivity index (χ4n) is 2.71. The monoisotopic (exact) mass is 391 g/mol. The van der Waals surface area contributed by atoms with Crippen LogP contribution in [0.15, 0.2) is 60.9 Å². The molecule has 0 atom stereocenters. The van der Waals surface area contributed by atoms with E-state index in [-0.39, 0.29) is 0 Å². The van der Waals surface area contributed by atoms with E-state index in [0.29, 0.717) is 6.54 Å². The maximum atomic E-state index is 11.3. The predicted octanol–water partition coefficient (Wildman–Crippen LogP) is 4.12. The molecular formula is C20H17N5O2S. The number of carbonyl (C=O) groups is 1. The summed E-state index contributed by atoms with van der Waals surface area (Å²) in [6.45, 7) is 0.300. The lowest BCUT2D eigenvalue weighted by molar-refractivity contribution is 0.170. The molecule has 0 aliphatic heterocycles. The molecule has 0 fully saturated rings. The summed E-state index contributed by atoms with van der Waals surface area (Å²) in [5, 5.41) is 10.9. The summed E-state index contributed by atoms with van der Waals surface area (Å²) >= 11 is 1.56. The normalized spacial score (nSPS) is 10.6. The second-order valence-corrected chi connectivity index (χ2v) is 6.93. The van der Waals surface area contributed by atoms with Crippen LogP contribution < -0.4 is 5.32 Å². The van der Waals surface area contributed by atoms with E-state index in [2.05, 4.69) is 25.2 Å². The molecule has 0 bridgehead atoms. The number of nitrogens with one attached hydrogen (secondary N) is 2. The van der Waals surface area contributed by atoms with Gasteiger partial charge in [0.15, 0.2) is 0 Å². The Balaban J connectivity index is 1.72. The Morgan fingerprint density at radius 3 is 2.75 bits per heavy atom. The van der Waals surface area contributed by atoms with Crippen molar-refractivity contribution in [1.29, 1.82) is 0 Å². The number of methoxy groups -OCH3 is 1. The number of hydrogen-bond donors (Lipinski definition) is 2. The number of pyridine rings is 1. The molecule has 1 aromatic carbocycles. The van der Waals surface area contributed by atoms with Crippen LogP contribution in [0.5, 0.6) is 0 Å². The highest BCUT2D eigenvalue weighted by molar-refractivity contribution is 7.18. The van der Waals surface area contributed by atoms with Gasteiger partial charge in [-0.3, -0.25) is 10.1 Å². The second kappa shape index (κ2) is 8.01. The van der Waals surface area contributed by atoms with Gasteiger partial charge in [-0.15, -0.1) is 11.3 Å². The number of H-pyrrole nitrogens is 1. The van der Waals surface area contributed by atoms with Crippen LogP contribution in [-0.2, 0) is 11.3 Å². The van der Waals surface area contributed by atoms with Crippen LogP contribution in [0.4, 0.5) is 4.79 Å². The number of alkyl carbamates (subject to hydrolysis) is 1. The molecular weight excluding hydrogens is 374 g/mol. The van der Waals surface area contributed by atoms with Gasteiger partial charge in [0.25, 0.3) is 0 Å². The lowest BCUT2D eigenvalue weighted by Crippen LogP contribution is -2.22. The maximum Gasteiger partial charge on any atom is 0.407 e. The Kier molecular flexibility index (Phi) is 5.11. The third-order valence-electron chi connectivity index (χ3n) is 4.05. The third kappa shape index (κ3) is 3.77. The van der Waals surface area contributed by atoms with Crippen LogP contribution in [0.1, 0.15) is 5.69 Å². The molecule has 0 unspecified atom stereocenters. The smallest absolute Gasteiger partial charge is 0.407 e. The molecule has 0 aliphatic rings. The van der Waals surface area contributed by atoms with E-state index >= 15 is 0 Å². The minimum absolute atomic E-state index is 0.300. The van der Waals surface area contributed by atoms with Crippen LogP contribution in [0.2, 0.25) is 0 Å². The first-order valence-corrected chi connectivity index (χ1v) is 9.39. The van der Waals surface area contributed by atoms with Crippen LogP contribution in [0, 0.1) is 0 Å². The van der Waals surface area contributed by atoms with Gasteiger partial charge in [-0.05, 0) is 18.2 Å². The van der Waals surface area contributed by atoms with Crippen molar-refractivity contribution in [3.63, 3.8) is 0 Å². The highest BCUT2D eigenvalue weighted by Gasteiger charge is 2.18. The average molecular weight is 391 g/mol. The standard InChI is InChI=1S/C20H17N5O2S/c1-27-20(26)22-12-15-10-16(25-24-15)18-17(13-6-3-2-4-7-13)23-19(28-18)14-8-5-9-21-11-14/h2-11H,12H2,1H3,(H,22,26)(H,24,25). The molecule has 4 aromatic rings. The third-order valence-corrected chi connectivity index (χ3v) is 5.18. The zero-order valence-electron chi connectivity index (χ0n) is 15.0. The van der Waals surface area contributed by atoms with E-state index < -0.39 is 6.09 Å². The van der Waals surface area contributed by atoms with Crippen LogP contribution in [0.25, 0.3) is 32.4 Å². The van der Waals surface area contributed by atoms with E-state index in [0.717, 1.165) is 38.1 Å². The Bertz CT molecular complexity index is 1080. The van der Waals surface area contributed by atoms with Crippen LogP contribution >= 0.6 is 11.3 Å². The van der Waals surface area contributed by atoms with Crippen molar-refractivity contribution in [2.75, 3.05) is 7.11 Å². The molecule has 0 spiro atoms. The van der Waals surface area contributed by atoms with E-state index in [4.69, 9.17) is 4.98 Å². The Morgan fingerprint density at radius 2 is 2.00 bits per heavy atom. The lowest BCUT2D eigenvalue weighted by atomic mass is 10.1. The predicted molar refractivity (Wildman–Crippen MR) is 108 cm³/mol. The van der Waals surface area contributed by atoms with E-state index in [1.165, 1.54) is 7.11 Å². The highest BCUT2D eigenvalue weighted by atomic mass is 32.1. The molecule has 7 nitrogen and oxygen atoms in total. The molecule has 0 saturated carbocycles. The summed E-state index contributed by atoms with van der Waals surface area (Å²) in [5.74, 6) is 0. The van der Waals surface area contributed by atoms with Crippen molar-refractivity contribution < 1.29 is 9.53 Å². The highest BCUT2D eigenvalue weighted by Crippen LogP contribution is 2.39. The van der Waals surface area contributed by atoms with Crippen molar-refractivity contribution in [3.8, 4) is 32.4 Å². The van der Waals surface area contributed by atoms with E-state index in [1.54, 1.807) is 23.7 Å². The van der Waals surface area contributed by atoms with Gasteiger partial charge in [-0.2, -0.15) is 5.10 Å². The van der Waals surface area contributed by atoms with Gasteiger partial charge in [0.2, 0.25) is 0 Å². The number of thiazole rings is 1. The number of aromatic amines is 1. The molecule has 140 valence electrons. The van der Waals surface area contributed by atoms with Crippen molar-refractivity contribution in [1.82, 2.24) is 25.5 Å². The van der Waals surface area contributed by atoms with Gasteiger partial charge >= 0.3 is 6.09 Å². The molecule has 0 aliphatic carbocycles. The zero-order valence-corrected chi connectivity index (χ0v) is 15.9. The SMILES string of the molecule is COC(=O)NCc1cc(-c2sc(-c3cccnc3)nc2-c2ccccc2)n[nH]1. The molecule has 1 amide bonds. The van der Waals surface area contributed by atoms with Crippen molar-refractivity contribution >= 4 is 17.4 Å².